The number of rotatable bonds is 12. The predicted octanol–water partition coefficient (Wildman–Crippen LogP) is 6.58. The Morgan fingerprint density at radius 1 is 0.818 bits per heavy atom. The van der Waals surface area contributed by atoms with E-state index in [1.54, 1.807) is 24.3 Å². The summed E-state index contributed by atoms with van der Waals surface area (Å²) in [6.45, 7) is 2.57. The molecular weight excluding hydrogens is 436 g/mol. The Labute approximate surface area is 200 Å². The number of hydrogen-bond acceptors (Lipinski definition) is 5. The molecule has 2 aliphatic rings. The molecule has 0 unspecified atom stereocenters. The Morgan fingerprint density at radius 3 is 1.88 bits per heavy atom. The van der Waals surface area contributed by atoms with Gasteiger partial charge < -0.3 is 4.74 Å². The second-order valence-electron chi connectivity index (χ2n) is 9.99. The standard InChI is InChI=1S/C27H42O5S/c1-22-16-18-25(19-17-22)33(29,30)32-21-11-3-2-10-20-31-27(28)26(23-12-6-4-7-13-23)24-14-8-5-9-15-24/h16-19,23-24,26H,2-15,20-21H2,1H3. The average molecular weight is 479 g/mol. The predicted molar refractivity (Wildman–Crippen MR) is 130 cm³/mol. The molecule has 2 fully saturated rings. The summed E-state index contributed by atoms with van der Waals surface area (Å²) in [5, 5.41) is 0. The SMILES string of the molecule is Cc1ccc(S(=O)(=O)OCCCCCCOC(=O)C(C2CCCCC2)C2CCCCC2)cc1. The molecule has 5 nitrogen and oxygen atoms in total. The molecule has 0 spiro atoms. The fourth-order valence-corrected chi connectivity index (χ4v) is 6.47. The zero-order chi connectivity index (χ0) is 23.5. The lowest BCUT2D eigenvalue weighted by molar-refractivity contribution is -0.154. The molecule has 2 saturated carbocycles. The third-order valence-corrected chi connectivity index (χ3v) is 8.75. The molecule has 0 heterocycles. The van der Waals surface area contributed by atoms with E-state index in [-0.39, 0.29) is 23.4 Å². The molecule has 2 aliphatic carbocycles. The Kier molecular flexibility index (Phi) is 10.7. The lowest BCUT2D eigenvalue weighted by Gasteiger charge is -2.36. The summed E-state index contributed by atoms with van der Waals surface area (Å²) in [6.07, 6.45) is 15.6. The Bertz CT molecular complexity index is 787. The van der Waals surface area contributed by atoms with Crippen LogP contribution in [0.1, 0.15) is 95.5 Å². The highest BCUT2D eigenvalue weighted by molar-refractivity contribution is 7.86. The lowest BCUT2D eigenvalue weighted by atomic mass is 9.69. The van der Waals surface area contributed by atoms with Crippen LogP contribution in [-0.2, 0) is 23.8 Å². The van der Waals surface area contributed by atoms with Gasteiger partial charge in [0.05, 0.1) is 24.0 Å². The summed E-state index contributed by atoms with van der Waals surface area (Å²) >= 11 is 0. The van der Waals surface area contributed by atoms with Gasteiger partial charge in [0, 0.05) is 0 Å². The number of hydrogen-bond donors (Lipinski definition) is 0. The van der Waals surface area contributed by atoms with Crippen LogP contribution in [0, 0.1) is 24.7 Å². The van der Waals surface area contributed by atoms with Gasteiger partial charge in [0.25, 0.3) is 10.1 Å². The molecule has 33 heavy (non-hydrogen) atoms. The van der Waals surface area contributed by atoms with Gasteiger partial charge in [-0.1, -0.05) is 62.6 Å². The molecule has 0 radical (unpaired) electrons. The van der Waals surface area contributed by atoms with Crippen molar-refractivity contribution in [2.75, 3.05) is 13.2 Å². The van der Waals surface area contributed by atoms with E-state index < -0.39 is 10.1 Å². The molecule has 0 N–H and O–H groups in total. The first kappa shape index (κ1) is 26.2. The van der Waals surface area contributed by atoms with Crippen LogP contribution in [0.5, 0.6) is 0 Å². The van der Waals surface area contributed by atoms with Gasteiger partial charge in [-0.25, -0.2) is 0 Å². The van der Waals surface area contributed by atoms with Crippen molar-refractivity contribution in [3.63, 3.8) is 0 Å². The summed E-state index contributed by atoms with van der Waals surface area (Å²) in [4.78, 5) is 13.2. The average Bonchev–Trinajstić information content (AvgIpc) is 2.82. The van der Waals surface area contributed by atoms with Crippen molar-refractivity contribution in [3.05, 3.63) is 29.8 Å². The molecular formula is C27H42O5S. The second-order valence-corrected chi connectivity index (χ2v) is 11.6. The molecule has 0 bridgehead atoms. The van der Waals surface area contributed by atoms with E-state index in [1.807, 2.05) is 6.92 Å². The second kappa shape index (κ2) is 13.5. The maximum atomic E-state index is 13.0. The van der Waals surface area contributed by atoms with Crippen LogP contribution < -0.4 is 0 Å². The number of carbonyl (C=O) groups is 1. The minimum Gasteiger partial charge on any atom is -0.465 e. The molecule has 0 amide bonds. The van der Waals surface area contributed by atoms with Crippen LogP contribution in [0.4, 0.5) is 0 Å². The van der Waals surface area contributed by atoms with Crippen LogP contribution >= 0.6 is 0 Å². The summed E-state index contributed by atoms with van der Waals surface area (Å²) in [5.41, 5.74) is 1.01. The lowest BCUT2D eigenvalue weighted by Crippen LogP contribution is -2.35. The van der Waals surface area contributed by atoms with E-state index >= 15 is 0 Å². The number of esters is 1. The van der Waals surface area contributed by atoms with Crippen molar-refractivity contribution in [2.24, 2.45) is 17.8 Å². The fraction of sp³-hybridized carbons (Fsp3) is 0.741. The Hall–Kier alpha value is -1.40. The van der Waals surface area contributed by atoms with E-state index in [0.29, 0.717) is 24.9 Å². The molecule has 1 aromatic rings. The zero-order valence-electron chi connectivity index (χ0n) is 20.3. The first-order valence-corrected chi connectivity index (χ1v) is 14.5. The number of benzene rings is 1. The van der Waals surface area contributed by atoms with Crippen molar-refractivity contribution >= 4 is 16.1 Å². The summed E-state index contributed by atoms with van der Waals surface area (Å²) < 4.78 is 35.3. The van der Waals surface area contributed by atoms with Gasteiger partial charge in [0.2, 0.25) is 0 Å². The summed E-state index contributed by atoms with van der Waals surface area (Å²) in [6, 6.07) is 6.69. The number of unbranched alkanes of at least 4 members (excludes halogenated alkanes) is 3. The third-order valence-electron chi connectivity index (χ3n) is 7.42. The highest BCUT2D eigenvalue weighted by atomic mass is 32.2. The van der Waals surface area contributed by atoms with E-state index in [0.717, 1.165) is 24.8 Å². The van der Waals surface area contributed by atoms with Gasteiger partial charge in [-0.2, -0.15) is 8.42 Å². The molecule has 186 valence electrons. The van der Waals surface area contributed by atoms with Crippen LogP contribution in [0.25, 0.3) is 0 Å². The van der Waals surface area contributed by atoms with Crippen molar-refractivity contribution < 1.29 is 22.1 Å². The Balaban J connectivity index is 1.33. The normalized spacial score (nSPS) is 18.5. The van der Waals surface area contributed by atoms with Crippen molar-refractivity contribution in [1.29, 1.82) is 0 Å². The number of carbonyl (C=O) groups excluding carboxylic acids is 1. The third kappa shape index (κ3) is 8.40. The molecule has 0 aliphatic heterocycles. The zero-order valence-corrected chi connectivity index (χ0v) is 21.1. The topological polar surface area (TPSA) is 69.7 Å². The molecule has 6 heteroatoms. The molecule has 0 aromatic heterocycles. The van der Waals surface area contributed by atoms with Gasteiger partial charge in [0.1, 0.15) is 0 Å². The van der Waals surface area contributed by atoms with Gasteiger partial charge in [-0.15, -0.1) is 0 Å². The van der Waals surface area contributed by atoms with Crippen LogP contribution in [0.3, 0.4) is 0 Å². The van der Waals surface area contributed by atoms with E-state index in [2.05, 4.69) is 0 Å². The van der Waals surface area contributed by atoms with Crippen molar-refractivity contribution in [2.45, 2.75) is 102 Å². The molecule has 3 rings (SSSR count). The van der Waals surface area contributed by atoms with Gasteiger partial charge in [0.15, 0.2) is 0 Å². The minimum atomic E-state index is -3.69. The van der Waals surface area contributed by atoms with Crippen LogP contribution in [0.15, 0.2) is 29.2 Å². The Morgan fingerprint density at radius 2 is 1.33 bits per heavy atom. The first-order valence-electron chi connectivity index (χ1n) is 13.1. The smallest absolute Gasteiger partial charge is 0.309 e. The fourth-order valence-electron chi connectivity index (χ4n) is 5.52. The molecule has 0 saturated heterocycles. The van der Waals surface area contributed by atoms with Gasteiger partial charge in [-0.05, 0) is 75.8 Å². The van der Waals surface area contributed by atoms with Crippen molar-refractivity contribution in [1.82, 2.24) is 0 Å². The van der Waals surface area contributed by atoms with Gasteiger partial charge in [-0.3, -0.25) is 8.98 Å². The quantitative estimate of drug-likeness (QED) is 0.193. The van der Waals surface area contributed by atoms with Crippen LogP contribution in [0.2, 0.25) is 0 Å². The molecule has 1 aromatic carbocycles. The maximum absolute atomic E-state index is 13.0. The first-order chi connectivity index (χ1) is 16.0. The highest BCUT2D eigenvalue weighted by Crippen LogP contribution is 2.40. The van der Waals surface area contributed by atoms with Crippen LogP contribution in [-0.4, -0.2) is 27.6 Å². The largest absolute Gasteiger partial charge is 0.465 e. The molecule has 0 atom stereocenters. The minimum absolute atomic E-state index is 0.0429. The summed E-state index contributed by atoms with van der Waals surface area (Å²) in [7, 11) is -3.69. The van der Waals surface area contributed by atoms with Crippen molar-refractivity contribution in [3.8, 4) is 0 Å². The van der Waals surface area contributed by atoms with E-state index in [4.69, 9.17) is 8.92 Å². The number of ether oxygens (including phenoxy) is 1. The number of aryl methyl sites for hydroxylation is 1. The highest BCUT2D eigenvalue weighted by Gasteiger charge is 2.37. The monoisotopic (exact) mass is 478 g/mol. The van der Waals surface area contributed by atoms with E-state index in [9.17, 15) is 13.2 Å². The maximum Gasteiger partial charge on any atom is 0.309 e. The summed E-state index contributed by atoms with van der Waals surface area (Å²) in [5.74, 6) is 1.18. The van der Waals surface area contributed by atoms with E-state index in [1.165, 1.54) is 64.2 Å². The van der Waals surface area contributed by atoms with Gasteiger partial charge >= 0.3 is 5.97 Å².